The number of carbonyl (C=O) groups is 1. The highest BCUT2D eigenvalue weighted by atomic mass is 16.5. The number of hydrogen-bond acceptors (Lipinski definition) is 7. The lowest BCUT2D eigenvalue weighted by atomic mass is 10.4. The molecule has 0 spiro atoms. The molecule has 0 atom stereocenters. The van der Waals surface area contributed by atoms with Crippen molar-refractivity contribution < 1.29 is 9.53 Å². The summed E-state index contributed by atoms with van der Waals surface area (Å²) in [6.07, 6.45) is 1.81. The van der Waals surface area contributed by atoms with Gasteiger partial charge in [0.2, 0.25) is 5.95 Å². The van der Waals surface area contributed by atoms with E-state index in [1.54, 1.807) is 13.4 Å². The molecule has 0 aliphatic heterocycles. The molecule has 2 aromatic rings. The van der Waals surface area contributed by atoms with Gasteiger partial charge in [0, 0.05) is 13.6 Å². The van der Waals surface area contributed by atoms with Crippen molar-refractivity contribution in [2.24, 2.45) is 0 Å². The average molecular weight is 250 g/mol. The van der Waals surface area contributed by atoms with E-state index in [1.807, 2.05) is 0 Å². The standard InChI is InChI=1S/C10H14N6O2/c1-11-10-15-8(12-4-3-6(17)18-2)7-9(16-10)14-5-13-7/h5H,3-4H2,1-2H3,(H3,11,12,13,14,15,16). The SMILES string of the molecule is CNc1nc(NCCC(=O)OC)c2[nH]cnc2n1. The van der Waals surface area contributed by atoms with Gasteiger partial charge < -0.3 is 20.4 Å². The van der Waals surface area contributed by atoms with Gasteiger partial charge in [0.1, 0.15) is 5.52 Å². The summed E-state index contributed by atoms with van der Waals surface area (Å²) in [4.78, 5) is 26.5. The molecule has 96 valence electrons. The second kappa shape index (κ2) is 5.30. The van der Waals surface area contributed by atoms with E-state index in [1.165, 1.54) is 7.11 Å². The summed E-state index contributed by atoms with van der Waals surface area (Å²) >= 11 is 0. The van der Waals surface area contributed by atoms with Gasteiger partial charge in [-0.1, -0.05) is 0 Å². The van der Waals surface area contributed by atoms with Crippen molar-refractivity contribution in [3.05, 3.63) is 6.33 Å². The Morgan fingerprint density at radius 1 is 1.50 bits per heavy atom. The Balaban J connectivity index is 2.15. The summed E-state index contributed by atoms with van der Waals surface area (Å²) < 4.78 is 4.56. The van der Waals surface area contributed by atoms with Gasteiger partial charge in [0.05, 0.1) is 19.9 Å². The summed E-state index contributed by atoms with van der Waals surface area (Å²) in [6.45, 7) is 0.432. The number of hydrogen-bond donors (Lipinski definition) is 3. The van der Waals surface area contributed by atoms with Crippen LogP contribution >= 0.6 is 0 Å². The number of fused-ring (bicyclic) bond motifs is 1. The molecule has 0 bridgehead atoms. The Hall–Kier alpha value is -2.38. The zero-order chi connectivity index (χ0) is 13.0. The predicted molar refractivity (Wildman–Crippen MR) is 66.4 cm³/mol. The third-order valence-electron chi connectivity index (χ3n) is 2.36. The van der Waals surface area contributed by atoms with Crippen LogP contribution in [0.1, 0.15) is 6.42 Å². The number of methoxy groups -OCH3 is 1. The number of carbonyl (C=O) groups excluding carboxylic acids is 1. The highest BCUT2D eigenvalue weighted by Gasteiger charge is 2.09. The first-order valence-electron chi connectivity index (χ1n) is 5.44. The first-order valence-corrected chi connectivity index (χ1v) is 5.44. The fourth-order valence-electron chi connectivity index (χ4n) is 1.46. The molecule has 2 aromatic heterocycles. The van der Waals surface area contributed by atoms with Crippen molar-refractivity contribution >= 4 is 28.9 Å². The van der Waals surface area contributed by atoms with Gasteiger partial charge in [-0.25, -0.2) is 4.98 Å². The second-order valence-corrected chi connectivity index (χ2v) is 3.50. The zero-order valence-corrected chi connectivity index (χ0v) is 10.1. The topological polar surface area (TPSA) is 105 Å². The monoisotopic (exact) mass is 250 g/mol. The van der Waals surface area contributed by atoms with E-state index >= 15 is 0 Å². The maximum Gasteiger partial charge on any atom is 0.307 e. The lowest BCUT2D eigenvalue weighted by Crippen LogP contribution is -2.11. The van der Waals surface area contributed by atoms with Crippen LogP contribution in [0, 0.1) is 0 Å². The van der Waals surface area contributed by atoms with Crippen LogP contribution in [0.3, 0.4) is 0 Å². The van der Waals surface area contributed by atoms with Crippen molar-refractivity contribution in [2.45, 2.75) is 6.42 Å². The summed E-state index contributed by atoms with van der Waals surface area (Å²) in [6, 6.07) is 0. The van der Waals surface area contributed by atoms with E-state index < -0.39 is 0 Å². The lowest BCUT2D eigenvalue weighted by Gasteiger charge is -2.07. The van der Waals surface area contributed by atoms with Gasteiger partial charge in [0.15, 0.2) is 11.5 Å². The lowest BCUT2D eigenvalue weighted by molar-refractivity contribution is -0.140. The minimum Gasteiger partial charge on any atom is -0.469 e. The molecule has 0 fully saturated rings. The predicted octanol–water partition coefficient (Wildman–Crippen LogP) is 0.370. The van der Waals surface area contributed by atoms with Crippen LogP contribution < -0.4 is 10.6 Å². The van der Waals surface area contributed by atoms with Gasteiger partial charge in [-0.3, -0.25) is 4.79 Å². The first kappa shape index (κ1) is 12.1. The summed E-state index contributed by atoms with van der Waals surface area (Å²) in [5.74, 6) is 0.798. The number of anilines is 2. The van der Waals surface area contributed by atoms with E-state index in [-0.39, 0.29) is 12.4 Å². The third kappa shape index (κ3) is 2.47. The number of rotatable bonds is 5. The molecular weight excluding hydrogens is 236 g/mol. The molecule has 0 aliphatic carbocycles. The molecule has 0 aliphatic rings. The Bertz CT molecular complexity index is 552. The smallest absolute Gasteiger partial charge is 0.307 e. The van der Waals surface area contributed by atoms with Gasteiger partial charge in [-0.15, -0.1) is 0 Å². The average Bonchev–Trinajstić information content (AvgIpc) is 2.86. The van der Waals surface area contributed by atoms with E-state index in [0.717, 1.165) is 0 Å². The molecule has 2 heterocycles. The highest BCUT2D eigenvalue weighted by molar-refractivity contribution is 5.83. The Labute approximate surface area is 103 Å². The van der Waals surface area contributed by atoms with Crippen LogP contribution in [0.4, 0.5) is 11.8 Å². The molecule has 0 aromatic carbocycles. The van der Waals surface area contributed by atoms with Crippen LogP contribution in [0.2, 0.25) is 0 Å². The van der Waals surface area contributed by atoms with Gasteiger partial charge in [-0.05, 0) is 0 Å². The number of aromatic amines is 1. The molecule has 0 unspecified atom stereocenters. The minimum atomic E-state index is -0.272. The van der Waals surface area contributed by atoms with E-state index in [2.05, 4.69) is 35.3 Å². The van der Waals surface area contributed by atoms with E-state index in [4.69, 9.17) is 0 Å². The molecule has 0 saturated carbocycles. The van der Waals surface area contributed by atoms with E-state index in [0.29, 0.717) is 29.5 Å². The number of aromatic nitrogens is 4. The number of esters is 1. The molecule has 0 saturated heterocycles. The van der Waals surface area contributed by atoms with Crippen molar-refractivity contribution in [1.29, 1.82) is 0 Å². The van der Waals surface area contributed by atoms with Crippen LogP contribution in [-0.4, -0.2) is 46.6 Å². The Morgan fingerprint density at radius 2 is 2.33 bits per heavy atom. The molecule has 18 heavy (non-hydrogen) atoms. The highest BCUT2D eigenvalue weighted by Crippen LogP contribution is 2.18. The largest absolute Gasteiger partial charge is 0.469 e. The number of ether oxygens (including phenoxy) is 1. The van der Waals surface area contributed by atoms with Gasteiger partial charge >= 0.3 is 5.97 Å². The van der Waals surface area contributed by atoms with Gasteiger partial charge in [0.25, 0.3) is 0 Å². The summed E-state index contributed by atoms with van der Waals surface area (Å²) in [5, 5.41) is 5.90. The van der Waals surface area contributed by atoms with Crippen LogP contribution in [0.25, 0.3) is 11.2 Å². The normalized spacial score (nSPS) is 10.3. The maximum absolute atomic E-state index is 11.0. The minimum absolute atomic E-state index is 0.269. The van der Waals surface area contributed by atoms with Crippen molar-refractivity contribution in [3.63, 3.8) is 0 Å². The number of imidazole rings is 1. The molecule has 2 rings (SSSR count). The number of H-pyrrole nitrogens is 1. The second-order valence-electron chi connectivity index (χ2n) is 3.50. The van der Waals surface area contributed by atoms with Crippen molar-refractivity contribution in [3.8, 4) is 0 Å². The first-order chi connectivity index (χ1) is 8.74. The van der Waals surface area contributed by atoms with Crippen molar-refractivity contribution in [2.75, 3.05) is 31.3 Å². The molecule has 8 nitrogen and oxygen atoms in total. The number of nitrogens with zero attached hydrogens (tertiary/aromatic N) is 3. The Morgan fingerprint density at radius 3 is 3.06 bits per heavy atom. The summed E-state index contributed by atoms with van der Waals surface area (Å²) in [5.41, 5.74) is 1.27. The zero-order valence-electron chi connectivity index (χ0n) is 10.1. The Kier molecular flexibility index (Phi) is 3.56. The molecule has 8 heteroatoms. The van der Waals surface area contributed by atoms with Gasteiger partial charge in [-0.2, -0.15) is 9.97 Å². The quantitative estimate of drug-likeness (QED) is 0.658. The fourth-order valence-corrected chi connectivity index (χ4v) is 1.46. The third-order valence-corrected chi connectivity index (χ3v) is 2.36. The van der Waals surface area contributed by atoms with Crippen molar-refractivity contribution in [1.82, 2.24) is 19.9 Å². The van der Waals surface area contributed by atoms with Crippen LogP contribution in [-0.2, 0) is 9.53 Å². The molecular formula is C10H14N6O2. The molecule has 3 N–H and O–H groups in total. The molecule has 0 radical (unpaired) electrons. The van der Waals surface area contributed by atoms with E-state index in [9.17, 15) is 4.79 Å². The number of nitrogens with one attached hydrogen (secondary N) is 3. The fraction of sp³-hybridized carbons (Fsp3) is 0.400. The van der Waals surface area contributed by atoms with Crippen LogP contribution in [0.5, 0.6) is 0 Å². The summed E-state index contributed by atoms with van der Waals surface area (Å²) in [7, 11) is 3.09. The van der Waals surface area contributed by atoms with Crippen LogP contribution in [0.15, 0.2) is 6.33 Å². The maximum atomic E-state index is 11.0. The molecule has 0 amide bonds.